The third-order valence-electron chi connectivity index (χ3n) is 3.23. The zero-order chi connectivity index (χ0) is 18.6. The van der Waals surface area contributed by atoms with Gasteiger partial charge in [0.05, 0.1) is 30.5 Å². The van der Waals surface area contributed by atoms with Crippen molar-refractivity contribution in [1.29, 1.82) is 0 Å². The number of rotatable bonds is 4. The molecule has 132 valence electrons. The first-order valence-electron chi connectivity index (χ1n) is 6.95. The number of halogens is 2. The SMILES string of the molecule is COc1ccc(N(NC(=O)c2ccc(Cl)cc2Cl)C(N)=O)cc1OC. The maximum absolute atomic E-state index is 12.4. The lowest BCUT2D eigenvalue weighted by molar-refractivity contribution is 0.0951. The van der Waals surface area contributed by atoms with Crippen molar-refractivity contribution in [2.24, 2.45) is 5.73 Å². The van der Waals surface area contributed by atoms with Gasteiger partial charge in [-0.15, -0.1) is 0 Å². The molecule has 0 saturated carbocycles. The number of amides is 3. The summed E-state index contributed by atoms with van der Waals surface area (Å²) < 4.78 is 10.3. The van der Waals surface area contributed by atoms with E-state index in [2.05, 4.69) is 5.43 Å². The van der Waals surface area contributed by atoms with Crippen LogP contribution in [0.15, 0.2) is 36.4 Å². The summed E-state index contributed by atoms with van der Waals surface area (Å²) in [5.74, 6) is 0.197. The Hall–Kier alpha value is -2.64. The quantitative estimate of drug-likeness (QED) is 0.792. The van der Waals surface area contributed by atoms with Gasteiger partial charge in [0.2, 0.25) is 0 Å². The Balaban J connectivity index is 2.32. The van der Waals surface area contributed by atoms with Crippen LogP contribution in [0.2, 0.25) is 10.0 Å². The Morgan fingerprint density at radius 2 is 1.72 bits per heavy atom. The van der Waals surface area contributed by atoms with Crippen molar-refractivity contribution in [2.75, 3.05) is 19.2 Å². The fourth-order valence-electron chi connectivity index (χ4n) is 2.05. The molecule has 0 bridgehead atoms. The van der Waals surface area contributed by atoms with E-state index in [1.165, 1.54) is 44.6 Å². The van der Waals surface area contributed by atoms with Crippen LogP contribution in [0.25, 0.3) is 0 Å². The number of ether oxygens (including phenoxy) is 2. The van der Waals surface area contributed by atoms with Crippen molar-refractivity contribution < 1.29 is 19.1 Å². The average molecular weight is 384 g/mol. The molecule has 0 spiro atoms. The third-order valence-corrected chi connectivity index (χ3v) is 3.78. The minimum absolute atomic E-state index is 0.137. The maximum Gasteiger partial charge on any atom is 0.338 e. The fourth-order valence-corrected chi connectivity index (χ4v) is 2.54. The maximum atomic E-state index is 12.4. The molecule has 0 unspecified atom stereocenters. The highest BCUT2D eigenvalue weighted by molar-refractivity contribution is 6.36. The highest BCUT2D eigenvalue weighted by Crippen LogP contribution is 2.31. The zero-order valence-electron chi connectivity index (χ0n) is 13.4. The third kappa shape index (κ3) is 4.26. The molecule has 2 aromatic carbocycles. The van der Waals surface area contributed by atoms with E-state index >= 15 is 0 Å². The van der Waals surface area contributed by atoms with Gasteiger partial charge in [0.1, 0.15) is 0 Å². The van der Waals surface area contributed by atoms with Crippen LogP contribution >= 0.6 is 23.2 Å². The molecule has 2 aromatic rings. The number of urea groups is 1. The molecule has 25 heavy (non-hydrogen) atoms. The molecule has 0 heterocycles. The van der Waals surface area contributed by atoms with Crippen LogP contribution in [-0.2, 0) is 0 Å². The van der Waals surface area contributed by atoms with Gasteiger partial charge in [-0.05, 0) is 30.3 Å². The predicted molar refractivity (Wildman–Crippen MR) is 95.5 cm³/mol. The van der Waals surface area contributed by atoms with E-state index in [1.807, 2.05) is 0 Å². The molecule has 2 rings (SSSR count). The zero-order valence-corrected chi connectivity index (χ0v) is 14.9. The van der Waals surface area contributed by atoms with Crippen LogP contribution in [0, 0.1) is 0 Å². The van der Waals surface area contributed by atoms with E-state index in [0.29, 0.717) is 16.5 Å². The first-order chi connectivity index (χ1) is 11.9. The summed E-state index contributed by atoms with van der Waals surface area (Å²) in [6.07, 6.45) is 0. The number of nitrogens with two attached hydrogens (primary N) is 1. The van der Waals surface area contributed by atoms with Gasteiger partial charge < -0.3 is 15.2 Å². The van der Waals surface area contributed by atoms with Crippen molar-refractivity contribution in [1.82, 2.24) is 5.43 Å². The highest BCUT2D eigenvalue weighted by atomic mass is 35.5. The summed E-state index contributed by atoms with van der Waals surface area (Å²) in [6, 6.07) is 8.07. The van der Waals surface area contributed by atoms with Crippen molar-refractivity contribution in [3.05, 3.63) is 52.0 Å². The molecule has 0 radical (unpaired) electrons. The summed E-state index contributed by atoms with van der Waals surface area (Å²) >= 11 is 11.8. The normalized spacial score (nSPS) is 10.1. The van der Waals surface area contributed by atoms with Crippen LogP contribution in [0.5, 0.6) is 11.5 Å². The van der Waals surface area contributed by atoms with Gasteiger partial charge in [-0.1, -0.05) is 23.2 Å². The minimum atomic E-state index is -0.898. The van der Waals surface area contributed by atoms with Gasteiger partial charge in [-0.2, -0.15) is 0 Å². The Labute approximate surface area is 154 Å². The lowest BCUT2D eigenvalue weighted by atomic mass is 10.2. The topological polar surface area (TPSA) is 93.9 Å². The van der Waals surface area contributed by atoms with Crippen LogP contribution < -0.4 is 25.6 Å². The van der Waals surface area contributed by atoms with E-state index in [9.17, 15) is 9.59 Å². The van der Waals surface area contributed by atoms with Gasteiger partial charge >= 0.3 is 6.03 Å². The first kappa shape index (κ1) is 18.7. The van der Waals surface area contributed by atoms with Crippen molar-refractivity contribution in [3.63, 3.8) is 0 Å². The Kier molecular flexibility index (Phi) is 5.95. The number of hydrogen-bond acceptors (Lipinski definition) is 4. The van der Waals surface area contributed by atoms with Crippen molar-refractivity contribution >= 4 is 40.8 Å². The smallest absolute Gasteiger partial charge is 0.338 e. The monoisotopic (exact) mass is 383 g/mol. The van der Waals surface area contributed by atoms with Gasteiger partial charge in [-0.25, -0.2) is 9.80 Å². The Bertz CT molecular complexity index is 814. The largest absolute Gasteiger partial charge is 0.493 e. The molecule has 0 aliphatic rings. The molecule has 3 amide bonds. The predicted octanol–water partition coefficient (Wildman–Crippen LogP) is 3.24. The molecule has 3 N–H and O–H groups in total. The molecule has 9 heteroatoms. The highest BCUT2D eigenvalue weighted by Gasteiger charge is 2.20. The number of anilines is 1. The van der Waals surface area contributed by atoms with Gasteiger partial charge in [0.25, 0.3) is 5.91 Å². The number of benzene rings is 2. The van der Waals surface area contributed by atoms with Crippen LogP contribution in [0.4, 0.5) is 10.5 Å². The van der Waals surface area contributed by atoms with Gasteiger partial charge in [0, 0.05) is 11.1 Å². The molecule has 0 aliphatic heterocycles. The van der Waals surface area contributed by atoms with Gasteiger partial charge in [-0.3, -0.25) is 10.2 Å². The van der Waals surface area contributed by atoms with Crippen LogP contribution in [0.3, 0.4) is 0 Å². The second-order valence-corrected chi connectivity index (χ2v) is 5.62. The number of carbonyl (C=O) groups is 2. The standard InChI is InChI=1S/C16H15Cl2N3O4/c1-24-13-6-4-10(8-14(13)25-2)21(16(19)23)20-15(22)11-5-3-9(17)7-12(11)18/h3-8H,1-2H3,(H2,19,23)(H,20,22). The summed E-state index contributed by atoms with van der Waals surface area (Å²) in [5.41, 5.74) is 8.18. The fraction of sp³-hybridized carbons (Fsp3) is 0.125. The minimum Gasteiger partial charge on any atom is -0.493 e. The average Bonchev–Trinajstić information content (AvgIpc) is 2.58. The molecule has 0 saturated heterocycles. The van der Waals surface area contributed by atoms with Crippen molar-refractivity contribution in [3.8, 4) is 11.5 Å². The van der Waals surface area contributed by atoms with Gasteiger partial charge in [0.15, 0.2) is 11.5 Å². The molecule has 0 fully saturated rings. The van der Waals surface area contributed by atoms with E-state index in [-0.39, 0.29) is 16.3 Å². The summed E-state index contributed by atoms with van der Waals surface area (Å²) in [4.78, 5) is 24.2. The lowest BCUT2D eigenvalue weighted by Gasteiger charge is -2.22. The van der Waals surface area contributed by atoms with E-state index in [0.717, 1.165) is 5.01 Å². The summed E-state index contributed by atoms with van der Waals surface area (Å²) in [7, 11) is 2.93. The Morgan fingerprint density at radius 1 is 1.04 bits per heavy atom. The summed E-state index contributed by atoms with van der Waals surface area (Å²) in [5, 5.41) is 1.39. The molecule has 0 aromatic heterocycles. The number of nitrogens with zero attached hydrogens (tertiary/aromatic N) is 1. The summed E-state index contributed by atoms with van der Waals surface area (Å²) in [6.45, 7) is 0. The van der Waals surface area contributed by atoms with Crippen LogP contribution in [-0.4, -0.2) is 26.2 Å². The molecule has 0 atom stereocenters. The number of primary amides is 1. The molecule has 0 aliphatic carbocycles. The van der Waals surface area contributed by atoms with Crippen molar-refractivity contribution in [2.45, 2.75) is 0 Å². The van der Waals surface area contributed by atoms with E-state index in [4.69, 9.17) is 38.4 Å². The number of nitrogens with one attached hydrogen (secondary N) is 1. The molecular weight excluding hydrogens is 369 g/mol. The molecular formula is C16H15Cl2N3O4. The van der Waals surface area contributed by atoms with E-state index < -0.39 is 11.9 Å². The number of hydrogen-bond donors (Lipinski definition) is 2. The van der Waals surface area contributed by atoms with E-state index in [1.54, 1.807) is 6.07 Å². The number of hydrazine groups is 1. The first-order valence-corrected chi connectivity index (χ1v) is 7.70. The number of methoxy groups -OCH3 is 2. The van der Waals surface area contributed by atoms with Crippen LogP contribution in [0.1, 0.15) is 10.4 Å². The lowest BCUT2D eigenvalue weighted by Crippen LogP contribution is -2.49. The molecule has 7 nitrogen and oxygen atoms in total. The Morgan fingerprint density at radius 3 is 2.28 bits per heavy atom. The second-order valence-electron chi connectivity index (χ2n) is 4.78. The second kappa shape index (κ2) is 7.96. The number of carbonyl (C=O) groups excluding carboxylic acids is 2.